The van der Waals surface area contributed by atoms with Gasteiger partial charge in [0.1, 0.15) is 5.76 Å². The fraction of sp³-hybridized carbons (Fsp3) is 0.417. The maximum atomic E-state index is 9.03. The monoisotopic (exact) mass is 235 g/mol. The van der Waals surface area contributed by atoms with Gasteiger partial charge in [0, 0.05) is 32.0 Å². The van der Waals surface area contributed by atoms with Crippen LogP contribution in [0.15, 0.2) is 41.5 Å². The van der Waals surface area contributed by atoms with Crippen LogP contribution in [0, 0.1) is 0 Å². The van der Waals surface area contributed by atoms with E-state index >= 15 is 0 Å². The molecule has 0 bridgehead atoms. The van der Waals surface area contributed by atoms with E-state index in [1.165, 1.54) is 0 Å². The lowest BCUT2D eigenvalue weighted by molar-refractivity contribution is 0.176. The first-order valence-corrected chi connectivity index (χ1v) is 5.70. The Bertz CT molecular complexity index is 397. The van der Waals surface area contributed by atoms with E-state index in [0.717, 1.165) is 25.4 Å². The molecule has 0 saturated heterocycles. The number of aliphatic hydroxyl groups excluding tert-OH is 1. The summed E-state index contributed by atoms with van der Waals surface area (Å²) in [7, 11) is 0. The fourth-order valence-electron chi connectivity index (χ4n) is 1.71. The number of hydrogen-bond acceptors (Lipinski definition) is 4. The summed E-state index contributed by atoms with van der Waals surface area (Å²) in [5.74, 6) is 0.920. The van der Waals surface area contributed by atoms with Crippen molar-refractivity contribution >= 4 is 0 Å². The van der Waals surface area contributed by atoms with Gasteiger partial charge in [0.15, 0.2) is 0 Å². The zero-order valence-corrected chi connectivity index (χ0v) is 9.70. The van der Waals surface area contributed by atoms with Gasteiger partial charge >= 0.3 is 0 Å². The second-order valence-electron chi connectivity index (χ2n) is 3.88. The molecule has 1 N–H and O–H groups in total. The van der Waals surface area contributed by atoms with Crippen molar-refractivity contribution in [3.63, 3.8) is 0 Å². The molecule has 0 aliphatic heterocycles. The summed E-state index contributed by atoms with van der Waals surface area (Å²) in [6.07, 6.45) is 7.17. The summed E-state index contributed by atoms with van der Waals surface area (Å²) in [6.45, 7) is 3.25. The molecular formula is C12H17N3O2. The normalized spacial score (nSPS) is 11.2. The predicted molar refractivity (Wildman–Crippen MR) is 63.3 cm³/mol. The van der Waals surface area contributed by atoms with Gasteiger partial charge in [0.2, 0.25) is 0 Å². The molecule has 0 aliphatic rings. The zero-order chi connectivity index (χ0) is 11.9. The number of hydrogen-bond donors (Lipinski definition) is 1. The Balaban J connectivity index is 1.84. The maximum absolute atomic E-state index is 9.03. The van der Waals surface area contributed by atoms with Crippen molar-refractivity contribution in [1.29, 1.82) is 0 Å². The second-order valence-corrected chi connectivity index (χ2v) is 3.88. The SMILES string of the molecule is OCCN(CCn1ccnc1)Cc1ccco1. The summed E-state index contributed by atoms with van der Waals surface area (Å²) in [4.78, 5) is 6.15. The van der Waals surface area contributed by atoms with Crippen molar-refractivity contribution in [1.82, 2.24) is 14.5 Å². The molecular weight excluding hydrogens is 218 g/mol. The van der Waals surface area contributed by atoms with Crippen LogP contribution in [-0.4, -0.2) is 39.3 Å². The highest BCUT2D eigenvalue weighted by atomic mass is 16.3. The van der Waals surface area contributed by atoms with E-state index in [2.05, 4.69) is 9.88 Å². The molecule has 2 heterocycles. The number of rotatable bonds is 7. The highest BCUT2D eigenvalue weighted by Crippen LogP contribution is 2.05. The lowest BCUT2D eigenvalue weighted by atomic mass is 10.4. The van der Waals surface area contributed by atoms with Crippen LogP contribution >= 0.6 is 0 Å². The van der Waals surface area contributed by atoms with E-state index in [0.29, 0.717) is 6.54 Å². The van der Waals surface area contributed by atoms with Gasteiger partial charge in [-0.15, -0.1) is 0 Å². The van der Waals surface area contributed by atoms with Gasteiger partial charge in [-0.3, -0.25) is 4.90 Å². The van der Waals surface area contributed by atoms with E-state index < -0.39 is 0 Å². The fourth-order valence-corrected chi connectivity index (χ4v) is 1.71. The Morgan fingerprint density at radius 2 is 2.35 bits per heavy atom. The van der Waals surface area contributed by atoms with E-state index in [9.17, 15) is 0 Å². The molecule has 5 nitrogen and oxygen atoms in total. The topological polar surface area (TPSA) is 54.4 Å². The van der Waals surface area contributed by atoms with Gasteiger partial charge in [-0.1, -0.05) is 0 Å². The van der Waals surface area contributed by atoms with Gasteiger partial charge in [0.25, 0.3) is 0 Å². The van der Waals surface area contributed by atoms with Crippen molar-refractivity contribution < 1.29 is 9.52 Å². The molecule has 0 radical (unpaired) electrons. The van der Waals surface area contributed by atoms with Gasteiger partial charge in [-0.2, -0.15) is 0 Å². The average molecular weight is 235 g/mol. The lowest BCUT2D eigenvalue weighted by Gasteiger charge is -2.20. The molecule has 0 aromatic carbocycles. The Labute approximate surface area is 100 Å². The number of aliphatic hydroxyl groups is 1. The lowest BCUT2D eigenvalue weighted by Crippen LogP contribution is -2.29. The summed E-state index contributed by atoms with van der Waals surface area (Å²) in [6, 6.07) is 3.82. The Morgan fingerprint density at radius 1 is 1.41 bits per heavy atom. The molecule has 0 saturated carbocycles. The molecule has 17 heavy (non-hydrogen) atoms. The predicted octanol–water partition coefficient (Wildman–Crippen LogP) is 0.971. The second kappa shape index (κ2) is 6.22. The van der Waals surface area contributed by atoms with Crippen LogP contribution in [0.5, 0.6) is 0 Å². The number of furan rings is 1. The minimum atomic E-state index is 0.157. The number of imidazole rings is 1. The van der Waals surface area contributed by atoms with Crippen molar-refractivity contribution in [3.05, 3.63) is 42.9 Å². The first-order chi connectivity index (χ1) is 8.38. The van der Waals surface area contributed by atoms with E-state index in [-0.39, 0.29) is 6.61 Å². The summed E-state index contributed by atoms with van der Waals surface area (Å²) in [5.41, 5.74) is 0. The standard InChI is InChI=1S/C12H17N3O2/c16-8-7-14(10-12-2-1-9-17-12)5-6-15-4-3-13-11-15/h1-4,9,11,16H,5-8,10H2. The molecule has 2 aromatic rings. The number of nitrogens with zero attached hydrogens (tertiary/aromatic N) is 3. The van der Waals surface area contributed by atoms with Crippen LogP contribution in [0.3, 0.4) is 0 Å². The minimum absolute atomic E-state index is 0.157. The first-order valence-electron chi connectivity index (χ1n) is 5.70. The van der Waals surface area contributed by atoms with Crippen molar-refractivity contribution in [2.24, 2.45) is 0 Å². The van der Waals surface area contributed by atoms with Crippen LogP contribution in [0.1, 0.15) is 5.76 Å². The molecule has 0 aliphatic carbocycles. The Kier molecular flexibility index (Phi) is 4.35. The van der Waals surface area contributed by atoms with E-state index in [1.54, 1.807) is 18.8 Å². The van der Waals surface area contributed by atoms with Crippen LogP contribution in [0.2, 0.25) is 0 Å². The molecule has 2 rings (SSSR count). The van der Waals surface area contributed by atoms with Crippen molar-refractivity contribution in [2.45, 2.75) is 13.1 Å². The van der Waals surface area contributed by atoms with Gasteiger partial charge in [-0.05, 0) is 12.1 Å². The number of aromatic nitrogens is 2. The third-order valence-electron chi connectivity index (χ3n) is 2.61. The van der Waals surface area contributed by atoms with Crippen LogP contribution in [0.25, 0.3) is 0 Å². The van der Waals surface area contributed by atoms with Crippen LogP contribution < -0.4 is 0 Å². The van der Waals surface area contributed by atoms with E-state index in [4.69, 9.17) is 9.52 Å². The third-order valence-corrected chi connectivity index (χ3v) is 2.61. The van der Waals surface area contributed by atoms with Crippen molar-refractivity contribution in [3.8, 4) is 0 Å². The Hall–Kier alpha value is -1.59. The van der Waals surface area contributed by atoms with Gasteiger partial charge < -0.3 is 14.1 Å². The van der Waals surface area contributed by atoms with Crippen molar-refractivity contribution in [2.75, 3.05) is 19.7 Å². The molecule has 0 unspecified atom stereocenters. The molecule has 5 heteroatoms. The van der Waals surface area contributed by atoms with Crippen LogP contribution in [-0.2, 0) is 13.1 Å². The summed E-state index contributed by atoms with van der Waals surface area (Å²) in [5, 5.41) is 9.03. The first kappa shape index (κ1) is 11.9. The molecule has 0 fully saturated rings. The van der Waals surface area contributed by atoms with Crippen LogP contribution in [0.4, 0.5) is 0 Å². The third kappa shape index (κ3) is 3.72. The quantitative estimate of drug-likeness (QED) is 0.777. The zero-order valence-electron chi connectivity index (χ0n) is 9.70. The smallest absolute Gasteiger partial charge is 0.117 e. The highest BCUT2D eigenvalue weighted by Gasteiger charge is 2.07. The largest absolute Gasteiger partial charge is 0.468 e. The van der Waals surface area contributed by atoms with Gasteiger partial charge in [-0.25, -0.2) is 4.98 Å². The average Bonchev–Trinajstić information content (AvgIpc) is 2.99. The maximum Gasteiger partial charge on any atom is 0.117 e. The van der Waals surface area contributed by atoms with E-state index in [1.807, 2.05) is 22.9 Å². The molecule has 0 atom stereocenters. The summed E-state index contributed by atoms with van der Waals surface area (Å²) < 4.78 is 7.33. The molecule has 0 amide bonds. The Morgan fingerprint density at radius 3 is 3.00 bits per heavy atom. The molecule has 92 valence electrons. The highest BCUT2D eigenvalue weighted by molar-refractivity contribution is 4.97. The van der Waals surface area contributed by atoms with Gasteiger partial charge in [0.05, 0.1) is 25.7 Å². The molecule has 0 spiro atoms. The molecule has 2 aromatic heterocycles. The minimum Gasteiger partial charge on any atom is -0.468 e. The summed E-state index contributed by atoms with van der Waals surface area (Å²) >= 11 is 0.